The molecule has 0 aromatic carbocycles. The molecule has 0 spiro atoms. The van der Waals surface area contributed by atoms with Crippen molar-refractivity contribution in [3.63, 3.8) is 0 Å². The molecule has 0 atom stereocenters. The summed E-state index contributed by atoms with van der Waals surface area (Å²) < 4.78 is 5.51. The van der Waals surface area contributed by atoms with Gasteiger partial charge in [0, 0.05) is 18.8 Å². The summed E-state index contributed by atoms with van der Waals surface area (Å²) in [5, 5.41) is 0. The highest BCUT2D eigenvalue weighted by atomic mass is 16.5. The van der Waals surface area contributed by atoms with Gasteiger partial charge in [-0.1, -0.05) is 0 Å². The van der Waals surface area contributed by atoms with Crippen molar-refractivity contribution < 1.29 is 4.74 Å². The first kappa shape index (κ1) is 11.7. The van der Waals surface area contributed by atoms with Gasteiger partial charge in [0.25, 0.3) is 0 Å². The molecule has 0 aromatic heterocycles. The summed E-state index contributed by atoms with van der Waals surface area (Å²) in [5.74, 6) is 3.17. The van der Waals surface area contributed by atoms with Crippen molar-refractivity contribution in [2.75, 3.05) is 13.2 Å². The Balaban J connectivity index is 1.53. The number of nitrogens with two attached hydrogens (primary N) is 1. The molecule has 4 saturated carbocycles. The summed E-state index contributed by atoms with van der Waals surface area (Å²) in [7, 11) is 0. The number of hydrogen-bond donors (Lipinski definition) is 1. The van der Waals surface area contributed by atoms with Gasteiger partial charge in [0.2, 0.25) is 0 Å². The Kier molecular flexibility index (Phi) is 2.58. The Morgan fingerprint density at radius 2 is 1.39 bits per heavy atom. The molecule has 18 heavy (non-hydrogen) atoms. The molecule has 4 bridgehead atoms. The molecule has 102 valence electrons. The topological polar surface area (TPSA) is 35.2 Å². The SMILES string of the molecule is NC1(CC23CC4CC(CC(C4)C2)C3)CCOCC1. The summed E-state index contributed by atoms with van der Waals surface area (Å²) >= 11 is 0. The van der Waals surface area contributed by atoms with Crippen molar-refractivity contribution in [1.29, 1.82) is 0 Å². The fourth-order valence-electron chi connectivity index (χ4n) is 6.21. The Bertz CT molecular complexity index is 297. The van der Waals surface area contributed by atoms with E-state index in [1.54, 1.807) is 19.3 Å². The molecule has 2 nitrogen and oxygen atoms in total. The monoisotopic (exact) mass is 249 g/mol. The highest BCUT2D eigenvalue weighted by Crippen LogP contribution is 2.62. The molecule has 2 heteroatoms. The van der Waals surface area contributed by atoms with E-state index in [2.05, 4.69) is 0 Å². The van der Waals surface area contributed by atoms with Crippen LogP contribution < -0.4 is 5.73 Å². The minimum Gasteiger partial charge on any atom is -0.381 e. The highest BCUT2D eigenvalue weighted by molar-refractivity contribution is 5.05. The van der Waals surface area contributed by atoms with E-state index in [1.807, 2.05) is 0 Å². The van der Waals surface area contributed by atoms with E-state index in [4.69, 9.17) is 10.5 Å². The third-order valence-corrected chi connectivity index (χ3v) is 6.38. The molecule has 1 heterocycles. The summed E-state index contributed by atoms with van der Waals surface area (Å²) in [6, 6.07) is 0. The van der Waals surface area contributed by atoms with Crippen LogP contribution in [-0.2, 0) is 4.74 Å². The Labute approximate surface area is 111 Å². The van der Waals surface area contributed by atoms with Gasteiger partial charge in [-0.25, -0.2) is 0 Å². The lowest BCUT2D eigenvalue weighted by atomic mass is 9.47. The van der Waals surface area contributed by atoms with Crippen LogP contribution in [0, 0.1) is 23.2 Å². The molecule has 4 aliphatic carbocycles. The lowest BCUT2D eigenvalue weighted by Crippen LogP contribution is -2.54. The smallest absolute Gasteiger partial charge is 0.0483 e. The summed E-state index contributed by atoms with van der Waals surface area (Å²) in [5.41, 5.74) is 7.44. The van der Waals surface area contributed by atoms with Gasteiger partial charge in [-0.2, -0.15) is 0 Å². The average molecular weight is 249 g/mol. The van der Waals surface area contributed by atoms with E-state index in [1.165, 1.54) is 25.7 Å². The molecule has 0 radical (unpaired) electrons. The van der Waals surface area contributed by atoms with Crippen molar-refractivity contribution in [2.45, 2.75) is 63.3 Å². The summed E-state index contributed by atoms with van der Waals surface area (Å²) in [4.78, 5) is 0. The van der Waals surface area contributed by atoms with Gasteiger partial charge in [-0.15, -0.1) is 0 Å². The van der Waals surface area contributed by atoms with Crippen molar-refractivity contribution in [1.82, 2.24) is 0 Å². The average Bonchev–Trinajstić information content (AvgIpc) is 2.26. The predicted molar refractivity (Wildman–Crippen MR) is 72.2 cm³/mol. The van der Waals surface area contributed by atoms with Crippen LogP contribution in [0.1, 0.15) is 57.8 Å². The molecule has 5 fully saturated rings. The third kappa shape index (κ3) is 1.92. The fourth-order valence-corrected chi connectivity index (χ4v) is 6.21. The van der Waals surface area contributed by atoms with Crippen LogP contribution in [0.4, 0.5) is 0 Å². The van der Waals surface area contributed by atoms with Crippen LogP contribution in [0.5, 0.6) is 0 Å². The maximum atomic E-state index is 6.70. The second kappa shape index (κ2) is 3.96. The summed E-state index contributed by atoms with van der Waals surface area (Å²) in [6.45, 7) is 1.78. The van der Waals surface area contributed by atoms with Gasteiger partial charge >= 0.3 is 0 Å². The van der Waals surface area contributed by atoms with Gasteiger partial charge in [-0.3, -0.25) is 0 Å². The van der Waals surface area contributed by atoms with Gasteiger partial charge in [0.05, 0.1) is 0 Å². The van der Waals surface area contributed by atoms with Crippen molar-refractivity contribution in [3.05, 3.63) is 0 Å². The molecule has 0 amide bonds. The number of rotatable bonds is 2. The van der Waals surface area contributed by atoms with Crippen LogP contribution in [0.25, 0.3) is 0 Å². The maximum absolute atomic E-state index is 6.70. The van der Waals surface area contributed by atoms with Crippen LogP contribution in [0.3, 0.4) is 0 Å². The standard InChI is InChI=1S/C16H27NO/c17-16(1-3-18-4-2-16)11-15-8-12-5-13(9-15)7-14(6-12)10-15/h12-14H,1-11,17H2. The second-order valence-corrected chi connectivity index (χ2v) is 8.07. The molecule has 0 aromatic rings. The molecule has 1 aliphatic heterocycles. The normalized spacial score (nSPS) is 49.5. The minimum atomic E-state index is 0.101. The molecule has 0 unspecified atom stereocenters. The zero-order valence-corrected chi connectivity index (χ0v) is 11.5. The van der Waals surface area contributed by atoms with Crippen LogP contribution in [0.2, 0.25) is 0 Å². The van der Waals surface area contributed by atoms with Gasteiger partial charge in [0.15, 0.2) is 0 Å². The first-order valence-corrected chi connectivity index (χ1v) is 8.02. The lowest BCUT2D eigenvalue weighted by Gasteiger charge is -2.59. The van der Waals surface area contributed by atoms with E-state index in [0.717, 1.165) is 43.8 Å². The lowest BCUT2D eigenvalue weighted by molar-refractivity contribution is -0.0780. The van der Waals surface area contributed by atoms with E-state index in [0.29, 0.717) is 5.41 Å². The predicted octanol–water partition coefficient (Wildman–Crippen LogP) is 3.10. The molecular formula is C16H27NO. The Morgan fingerprint density at radius 3 is 1.89 bits per heavy atom. The number of hydrogen-bond acceptors (Lipinski definition) is 2. The maximum Gasteiger partial charge on any atom is 0.0483 e. The first-order valence-electron chi connectivity index (χ1n) is 8.02. The zero-order valence-electron chi connectivity index (χ0n) is 11.5. The largest absolute Gasteiger partial charge is 0.381 e. The number of ether oxygens (including phenoxy) is 1. The van der Waals surface area contributed by atoms with E-state index < -0.39 is 0 Å². The first-order chi connectivity index (χ1) is 8.65. The van der Waals surface area contributed by atoms with E-state index in [9.17, 15) is 0 Å². The molecule has 2 N–H and O–H groups in total. The quantitative estimate of drug-likeness (QED) is 0.816. The molecular weight excluding hydrogens is 222 g/mol. The molecule has 5 aliphatic rings. The Hall–Kier alpha value is -0.0800. The highest BCUT2D eigenvalue weighted by Gasteiger charge is 2.52. The van der Waals surface area contributed by atoms with Crippen LogP contribution in [-0.4, -0.2) is 18.8 Å². The molecule has 5 rings (SSSR count). The van der Waals surface area contributed by atoms with Gasteiger partial charge in [0.1, 0.15) is 0 Å². The third-order valence-electron chi connectivity index (χ3n) is 6.38. The Morgan fingerprint density at radius 1 is 0.889 bits per heavy atom. The molecule has 1 saturated heterocycles. The minimum absolute atomic E-state index is 0.101. The van der Waals surface area contributed by atoms with Gasteiger partial charge < -0.3 is 10.5 Å². The van der Waals surface area contributed by atoms with Crippen LogP contribution >= 0.6 is 0 Å². The summed E-state index contributed by atoms with van der Waals surface area (Å²) in [6.07, 6.45) is 12.6. The van der Waals surface area contributed by atoms with E-state index >= 15 is 0 Å². The van der Waals surface area contributed by atoms with E-state index in [-0.39, 0.29) is 5.54 Å². The van der Waals surface area contributed by atoms with Crippen molar-refractivity contribution >= 4 is 0 Å². The van der Waals surface area contributed by atoms with Crippen molar-refractivity contribution in [3.8, 4) is 0 Å². The fraction of sp³-hybridized carbons (Fsp3) is 1.00. The zero-order chi connectivity index (χ0) is 12.2. The van der Waals surface area contributed by atoms with Gasteiger partial charge in [-0.05, 0) is 81.0 Å². The second-order valence-electron chi connectivity index (χ2n) is 8.07. The van der Waals surface area contributed by atoms with Crippen molar-refractivity contribution in [2.24, 2.45) is 28.9 Å². The van der Waals surface area contributed by atoms with Crippen LogP contribution in [0.15, 0.2) is 0 Å².